The summed E-state index contributed by atoms with van der Waals surface area (Å²) in [6, 6.07) is 8.30. The quantitative estimate of drug-likeness (QED) is 0.508. The van der Waals surface area contributed by atoms with Crippen LogP contribution in [0, 0.1) is 0 Å². The predicted octanol–water partition coefficient (Wildman–Crippen LogP) is 2.87. The number of rotatable bonds is 3. The minimum atomic E-state index is 0. The maximum absolute atomic E-state index is 6.04. The summed E-state index contributed by atoms with van der Waals surface area (Å²) in [4.78, 5) is 6.39. The molecule has 0 spiro atoms. The summed E-state index contributed by atoms with van der Waals surface area (Å²) in [6.07, 6.45) is 2.44. The van der Waals surface area contributed by atoms with Crippen molar-refractivity contribution < 1.29 is 0 Å². The van der Waals surface area contributed by atoms with Crippen molar-refractivity contribution in [3.05, 3.63) is 34.9 Å². The molecule has 1 aromatic carbocycles. The van der Waals surface area contributed by atoms with Gasteiger partial charge in [0.05, 0.1) is 6.54 Å². The standard InChI is InChI=1S/C12H16ClN3.HI/c1-16(10-6-7-10)12(14)15-8-9-4-2-3-5-11(9)13;/h2-5,10H,6-8H2,1H3,(H2,14,15);1H. The van der Waals surface area contributed by atoms with Crippen molar-refractivity contribution in [3.8, 4) is 0 Å². The molecule has 0 heterocycles. The molecule has 3 nitrogen and oxygen atoms in total. The van der Waals surface area contributed by atoms with Gasteiger partial charge in [0.1, 0.15) is 0 Å². The molecule has 2 rings (SSSR count). The Hall–Kier alpha value is -0.490. The van der Waals surface area contributed by atoms with Gasteiger partial charge in [0.2, 0.25) is 0 Å². The van der Waals surface area contributed by atoms with Gasteiger partial charge in [0.25, 0.3) is 0 Å². The van der Waals surface area contributed by atoms with E-state index in [1.54, 1.807) is 0 Å². The van der Waals surface area contributed by atoms with E-state index in [1.165, 1.54) is 12.8 Å². The fraction of sp³-hybridized carbons (Fsp3) is 0.417. The SMILES string of the molecule is CN(C(N)=NCc1ccccc1Cl)C1CC1.I. The number of nitrogens with two attached hydrogens (primary N) is 1. The molecule has 1 aliphatic carbocycles. The van der Waals surface area contributed by atoms with E-state index in [0.717, 1.165) is 10.6 Å². The zero-order valence-corrected chi connectivity index (χ0v) is 12.9. The lowest BCUT2D eigenvalue weighted by molar-refractivity contribution is 0.487. The second-order valence-electron chi connectivity index (χ2n) is 4.11. The van der Waals surface area contributed by atoms with Crippen molar-refractivity contribution >= 4 is 41.5 Å². The molecule has 0 radical (unpaired) electrons. The monoisotopic (exact) mass is 365 g/mol. The summed E-state index contributed by atoms with van der Waals surface area (Å²) in [5, 5.41) is 0.744. The van der Waals surface area contributed by atoms with Crippen LogP contribution < -0.4 is 5.73 Å². The first-order valence-electron chi connectivity index (χ1n) is 5.44. The maximum atomic E-state index is 6.04. The number of halogens is 2. The van der Waals surface area contributed by atoms with E-state index in [0.29, 0.717) is 18.5 Å². The van der Waals surface area contributed by atoms with Gasteiger partial charge in [-0.2, -0.15) is 0 Å². The first kappa shape index (κ1) is 14.6. The van der Waals surface area contributed by atoms with Crippen LogP contribution in [-0.2, 0) is 6.54 Å². The fourth-order valence-electron chi connectivity index (χ4n) is 1.55. The summed E-state index contributed by atoms with van der Waals surface area (Å²) >= 11 is 6.04. The third-order valence-electron chi connectivity index (χ3n) is 2.83. The molecular formula is C12H17ClIN3. The second-order valence-corrected chi connectivity index (χ2v) is 4.52. The summed E-state index contributed by atoms with van der Waals surface area (Å²) in [6.45, 7) is 0.544. The number of guanidine groups is 1. The van der Waals surface area contributed by atoms with Gasteiger partial charge in [-0.3, -0.25) is 0 Å². The van der Waals surface area contributed by atoms with Crippen LogP contribution in [0.15, 0.2) is 29.3 Å². The molecule has 1 saturated carbocycles. The van der Waals surface area contributed by atoms with Crippen LogP contribution in [-0.4, -0.2) is 23.9 Å². The van der Waals surface area contributed by atoms with Crippen LogP contribution in [0.1, 0.15) is 18.4 Å². The Balaban J connectivity index is 0.00000144. The molecule has 5 heteroatoms. The molecule has 2 N–H and O–H groups in total. The summed E-state index contributed by atoms with van der Waals surface area (Å²) in [7, 11) is 1.99. The van der Waals surface area contributed by atoms with Crippen molar-refractivity contribution in [2.24, 2.45) is 10.7 Å². The summed E-state index contributed by atoms with van der Waals surface area (Å²) < 4.78 is 0. The Labute approximate surface area is 124 Å². The zero-order chi connectivity index (χ0) is 11.5. The average molecular weight is 366 g/mol. The Kier molecular flexibility index (Phi) is 5.52. The number of benzene rings is 1. The highest BCUT2D eigenvalue weighted by molar-refractivity contribution is 14.0. The first-order valence-corrected chi connectivity index (χ1v) is 5.82. The zero-order valence-electron chi connectivity index (χ0n) is 9.77. The number of nitrogens with zero attached hydrogens (tertiary/aromatic N) is 2. The number of aliphatic imine (C=N–C) groups is 1. The number of hydrogen-bond acceptors (Lipinski definition) is 1. The second kappa shape index (κ2) is 6.44. The largest absolute Gasteiger partial charge is 0.370 e. The summed E-state index contributed by atoms with van der Waals surface area (Å²) in [5.41, 5.74) is 6.90. The fourth-order valence-corrected chi connectivity index (χ4v) is 1.75. The Morgan fingerprint density at radius 2 is 2.12 bits per heavy atom. The van der Waals surface area contributed by atoms with Crippen LogP contribution in [0.25, 0.3) is 0 Å². The Morgan fingerprint density at radius 1 is 1.47 bits per heavy atom. The van der Waals surface area contributed by atoms with E-state index in [4.69, 9.17) is 17.3 Å². The van der Waals surface area contributed by atoms with Gasteiger partial charge in [-0.1, -0.05) is 29.8 Å². The normalized spacial score (nSPS) is 15.3. The van der Waals surface area contributed by atoms with Gasteiger partial charge in [-0.25, -0.2) is 4.99 Å². The van der Waals surface area contributed by atoms with E-state index in [-0.39, 0.29) is 24.0 Å². The molecule has 0 unspecified atom stereocenters. The molecule has 1 aromatic rings. The predicted molar refractivity (Wildman–Crippen MR) is 83.0 cm³/mol. The van der Waals surface area contributed by atoms with E-state index < -0.39 is 0 Å². The smallest absolute Gasteiger partial charge is 0.191 e. The average Bonchev–Trinajstić information content (AvgIpc) is 3.10. The molecule has 1 aliphatic rings. The lowest BCUT2D eigenvalue weighted by atomic mass is 10.2. The lowest BCUT2D eigenvalue weighted by Crippen LogP contribution is -2.35. The van der Waals surface area contributed by atoms with Crippen LogP contribution >= 0.6 is 35.6 Å². The van der Waals surface area contributed by atoms with E-state index in [9.17, 15) is 0 Å². The van der Waals surface area contributed by atoms with Crippen LogP contribution in [0.4, 0.5) is 0 Å². The highest BCUT2D eigenvalue weighted by atomic mass is 127. The first-order chi connectivity index (χ1) is 7.68. The maximum Gasteiger partial charge on any atom is 0.191 e. The molecule has 0 bridgehead atoms. The third kappa shape index (κ3) is 4.03. The van der Waals surface area contributed by atoms with Gasteiger partial charge >= 0.3 is 0 Å². The molecule has 0 atom stereocenters. The van der Waals surface area contributed by atoms with Crippen molar-refractivity contribution in [2.75, 3.05) is 7.05 Å². The molecule has 0 amide bonds. The molecule has 0 aromatic heterocycles. The van der Waals surface area contributed by atoms with Crippen molar-refractivity contribution in [1.29, 1.82) is 0 Å². The molecular weight excluding hydrogens is 349 g/mol. The Morgan fingerprint density at radius 3 is 2.71 bits per heavy atom. The van der Waals surface area contributed by atoms with Crippen LogP contribution in [0.2, 0.25) is 5.02 Å². The van der Waals surface area contributed by atoms with E-state index in [2.05, 4.69) is 4.99 Å². The molecule has 0 aliphatic heterocycles. The highest BCUT2D eigenvalue weighted by Crippen LogP contribution is 2.25. The third-order valence-corrected chi connectivity index (χ3v) is 3.19. The molecule has 1 fully saturated rings. The summed E-state index contributed by atoms with van der Waals surface area (Å²) in [5.74, 6) is 0.599. The van der Waals surface area contributed by atoms with Gasteiger partial charge in [0.15, 0.2) is 5.96 Å². The minimum Gasteiger partial charge on any atom is -0.370 e. The van der Waals surface area contributed by atoms with Crippen molar-refractivity contribution in [3.63, 3.8) is 0 Å². The van der Waals surface area contributed by atoms with Gasteiger partial charge in [0, 0.05) is 18.1 Å². The molecule has 17 heavy (non-hydrogen) atoms. The molecule has 94 valence electrons. The van der Waals surface area contributed by atoms with Gasteiger partial charge < -0.3 is 10.6 Å². The van der Waals surface area contributed by atoms with Gasteiger partial charge in [-0.15, -0.1) is 24.0 Å². The number of hydrogen-bond donors (Lipinski definition) is 1. The van der Waals surface area contributed by atoms with Crippen molar-refractivity contribution in [2.45, 2.75) is 25.4 Å². The Bertz CT molecular complexity index is 404. The van der Waals surface area contributed by atoms with Crippen LogP contribution in [0.3, 0.4) is 0 Å². The highest BCUT2D eigenvalue weighted by Gasteiger charge is 2.27. The topological polar surface area (TPSA) is 41.6 Å². The van der Waals surface area contributed by atoms with Gasteiger partial charge in [-0.05, 0) is 24.5 Å². The van der Waals surface area contributed by atoms with E-state index >= 15 is 0 Å². The van der Waals surface area contributed by atoms with E-state index in [1.807, 2.05) is 36.2 Å². The van der Waals surface area contributed by atoms with Crippen LogP contribution in [0.5, 0.6) is 0 Å². The van der Waals surface area contributed by atoms with Crippen molar-refractivity contribution in [1.82, 2.24) is 4.90 Å². The lowest BCUT2D eigenvalue weighted by Gasteiger charge is -2.16. The minimum absolute atomic E-state index is 0. The molecule has 0 saturated heterocycles.